The van der Waals surface area contributed by atoms with Crippen molar-refractivity contribution in [2.75, 3.05) is 6.54 Å². The number of benzene rings is 2. The van der Waals surface area contributed by atoms with Crippen molar-refractivity contribution in [3.8, 4) is 0 Å². The Balaban J connectivity index is 1.64. The number of rotatable bonds is 5. The van der Waals surface area contributed by atoms with E-state index in [0.29, 0.717) is 0 Å². The molecule has 0 unspecified atom stereocenters. The number of nitrogens with one attached hydrogen (secondary N) is 1. The van der Waals surface area contributed by atoms with Crippen LogP contribution in [0.25, 0.3) is 6.08 Å². The van der Waals surface area contributed by atoms with Gasteiger partial charge in [-0.05, 0) is 30.0 Å². The Morgan fingerprint density at radius 2 is 1.57 bits per heavy atom. The molecule has 2 nitrogen and oxygen atoms in total. The van der Waals surface area contributed by atoms with Crippen molar-refractivity contribution < 1.29 is 4.79 Å². The highest BCUT2D eigenvalue weighted by Gasteiger charge is 2.35. The molecule has 0 heterocycles. The first-order valence-corrected chi connectivity index (χ1v) is 8.35. The molecular formula is C21H23NO. The fourth-order valence-corrected chi connectivity index (χ4v) is 3.46. The van der Waals surface area contributed by atoms with E-state index in [1.165, 1.54) is 18.4 Å². The molecule has 2 aromatic rings. The predicted octanol–water partition coefficient (Wildman–Crippen LogP) is 4.33. The molecule has 0 radical (unpaired) electrons. The molecule has 0 saturated heterocycles. The number of carbonyl (C=O) groups is 1. The summed E-state index contributed by atoms with van der Waals surface area (Å²) in [5.74, 6) is -0.0175. The van der Waals surface area contributed by atoms with Gasteiger partial charge in [-0.2, -0.15) is 0 Å². The fraction of sp³-hybridized carbons (Fsp3) is 0.286. The first-order valence-electron chi connectivity index (χ1n) is 8.35. The second-order valence-corrected chi connectivity index (χ2v) is 6.32. The van der Waals surface area contributed by atoms with Gasteiger partial charge in [-0.3, -0.25) is 4.79 Å². The van der Waals surface area contributed by atoms with Gasteiger partial charge in [0.05, 0.1) is 0 Å². The zero-order valence-corrected chi connectivity index (χ0v) is 13.4. The number of amides is 1. The molecule has 1 aliphatic rings. The molecule has 1 fully saturated rings. The highest BCUT2D eigenvalue weighted by molar-refractivity contribution is 5.91. The number of hydrogen-bond acceptors (Lipinski definition) is 1. The highest BCUT2D eigenvalue weighted by atomic mass is 16.1. The van der Waals surface area contributed by atoms with Gasteiger partial charge in [0.2, 0.25) is 5.91 Å². The third-order valence-electron chi connectivity index (χ3n) is 4.77. The van der Waals surface area contributed by atoms with Crippen LogP contribution in [0.3, 0.4) is 0 Å². The summed E-state index contributed by atoms with van der Waals surface area (Å²) >= 11 is 0. The fourth-order valence-electron chi connectivity index (χ4n) is 3.46. The van der Waals surface area contributed by atoms with Crippen LogP contribution in [-0.4, -0.2) is 12.5 Å². The molecule has 0 aromatic heterocycles. The Kier molecular flexibility index (Phi) is 4.92. The summed E-state index contributed by atoms with van der Waals surface area (Å²) in [4.78, 5) is 12.1. The quantitative estimate of drug-likeness (QED) is 0.819. The van der Waals surface area contributed by atoms with Crippen LogP contribution in [0, 0.1) is 0 Å². The van der Waals surface area contributed by atoms with Crippen LogP contribution < -0.4 is 5.32 Å². The Labute approximate surface area is 138 Å². The van der Waals surface area contributed by atoms with E-state index in [1.807, 2.05) is 42.5 Å². The summed E-state index contributed by atoms with van der Waals surface area (Å²) in [7, 11) is 0. The number of carbonyl (C=O) groups excluding carboxylic acids is 1. The summed E-state index contributed by atoms with van der Waals surface area (Å²) in [6.07, 6.45) is 8.27. The van der Waals surface area contributed by atoms with Crippen molar-refractivity contribution in [2.45, 2.75) is 31.1 Å². The molecule has 0 bridgehead atoms. The molecule has 118 valence electrons. The first-order chi connectivity index (χ1) is 11.3. The Morgan fingerprint density at radius 1 is 0.957 bits per heavy atom. The topological polar surface area (TPSA) is 29.1 Å². The van der Waals surface area contributed by atoms with E-state index in [0.717, 1.165) is 24.9 Å². The van der Waals surface area contributed by atoms with Crippen LogP contribution >= 0.6 is 0 Å². The van der Waals surface area contributed by atoms with Crippen molar-refractivity contribution in [3.05, 3.63) is 77.9 Å². The van der Waals surface area contributed by atoms with Gasteiger partial charge in [0.15, 0.2) is 0 Å². The van der Waals surface area contributed by atoms with Gasteiger partial charge in [0.25, 0.3) is 0 Å². The molecule has 0 spiro atoms. The predicted molar refractivity (Wildman–Crippen MR) is 95.1 cm³/mol. The summed E-state index contributed by atoms with van der Waals surface area (Å²) in [6, 6.07) is 20.5. The van der Waals surface area contributed by atoms with Crippen LogP contribution in [0.4, 0.5) is 0 Å². The average Bonchev–Trinajstić information content (AvgIpc) is 3.10. The molecule has 1 N–H and O–H groups in total. The van der Waals surface area contributed by atoms with E-state index in [2.05, 4.69) is 29.6 Å². The second kappa shape index (κ2) is 7.28. The number of hydrogen-bond donors (Lipinski definition) is 1. The molecule has 1 amide bonds. The van der Waals surface area contributed by atoms with Crippen molar-refractivity contribution in [1.82, 2.24) is 5.32 Å². The SMILES string of the molecule is O=C(/C=C/c1ccccc1)NCC1(c2ccccc2)CCCC1. The van der Waals surface area contributed by atoms with Gasteiger partial charge in [-0.1, -0.05) is 73.5 Å². The highest BCUT2D eigenvalue weighted by Crippen LogP contribution is 2.40. The van der Waals surface area contributed by atoms with E-state index < -0.39 is 0 Å². The Bertz CT molecular complexity index is 655. The smallest absolute Gasteiger partial charge is 0.244 e. The van der Waals surface area contributed by atoms with Gasteiger partial charge in [-0.25, -0.2) is 0 Å². The monoisotopic (exact) mass is 305 g/mol. The van der Waals surface area contributed by atoms with Crippen molar-refractivity contribution in [1.29, 1.82) is 0 Å². The summed E-state index contributed by atoms with van der Waals surface area (Å²) in [5, 5.41) is 3.11. The van der Waals surface area contributed by atoms with Gasteiger partial charge in [0.1, 0.15) is 0 Å². The van der Waals surface area contributed by atoms with Gasteiger partial charge in [-0.15, -0.1) is 0 Å². The molecule has 0 aliphatic heterocycles. The first kappa shape index (κ1) is 15.5. The van der Waals surface area contributed by atoms with Crippen molar-refractivity contribution in [3.63, 3.8) is 0 Å². The molecule has 1 aliphatic carbocycles. The third kappa shape index (κ3) is 3.89. The van der Waals surface area contributed by atoms with Gasteiger partial charge < -0.3 is 5.32 Å². The lowest BCUT2D eigenvalue weighted by atomic mass is 9.79. The van der Waals surface area contributed by atoms with Gasteiger partial charge >= 0.3 is 0 Å². The molecule has 2 aromatic carbocycles. The van der Waals surface area contributed by atoms with Crippen LogP contribution in [0.5, 0.6) is 0 Å². The summed E-state index contributed by atoms with van der Waals surface area (Å²) in [6.45, 7) is 0.717. The van der Waals surface area contributed by atoms with E-state index in [1.54, 1.807) is 6.08 Å². The maximum absolute atomic E-state index is 12.1. The zero-order valence-electron chi connectivity index (χ0n) is 13.4. The van der Waals surface area contributed by atoms with Crippen LogP contribution in [-0.2, 0) is 10.2 Å². The normalized spacial score (nSPS) is 16.5. The molecule has 23 heavy (non-hydrogen) atoms. The largest absolute Gasteiger partial charge is 0.352 e. The molecule has 0 atom stereocenters. The van der Waals surface area contributed by atoms with Crippen LogP contribution in [0.1, 0.15) is 36.8 Å². The average molecular weight is 305 g/mol. The van der Waals surface area contributed by atoms with Crippen molar-refractivity contribution in [2.24, 2.45) is 0 Å². The van der Waals surface area contributed by atoms with E-state index in [9.17, 15) is 4.79 Å². The second-order valence-electron chi connectivity index (χ2n) is 6.32. The van der Waals surface area contributed by atoms with E-state index in [-0.39, 0.29) is 11.3 Å². The maximum atomic E-state index is 12.1. The standard InChI is InChI=1S/C21H23NO/c23-20(14-13-18-9-3-1-4-10-18)22-17-21(15-7-8-16-21)19-11-5-2-6-12-19/h1-6,9-14H,7-8,15-17H2,(H,22,23)/b14-13+. The summed E-state index contributed by atoms with van der Waals surface area (Å²) in [5.41, 5.74) is 2.50. The molecule has 3 rings (SSSR count). The molecule has 1 saturated carbocycles. The van der Waals surface area contributed by atoms with Gasteiger partial charge in [0, 0.05) is 18.0 Å². The third-order valence-corrected chi connectivity index (χ3v) is 4.77. The maximum Gasteiger partial charge on any atom is 0.244 e. The van der Waals surface area contributed by atoms with Crippen LogP contribution in [0.15, 0.2) is 66.7 Å². The minimum absolute atomic E-state index is 0.0175. The Morgan fingerprint density at radius 3 is 2.22 bits per heavy atom. The lowest BCUT2D eigenvalue weighted by molar-refractivity contribution is -0.116. The minimum atomic E-state index is -0.0175. The molecular weight excluding hydrogens is 282 g/mol. The zero-order chi connectivity index (χ0) is 16.0. The Hall–Kier alpha value is -2.35. The lowest BCUT2D eigenvalue weighted by Crippen LogP contribution is -2.38. The lowest BCUT2D eigenvalue weighted by Gasteiger charge is -2.29. The molecule has 2 heteroatoms. The van der Waals surface area contributed by atoms with Crippen molar-refractivity contribution >= 4 is 12.0 Å². The minimum Gasteiger partial charge on any atom is -0.352 e. The summed E-state index contributed by atoms with van der Waals surface area (Å²) < 4.78 is 0. The van der Waals surface area contributed by atoms with E-state index >= 15 is 0 Å². The van der Waals surface area contributed by atoms with Crippen LogP contribution in [0.2, 0.25) is 0 Å². The van der Waals surface area contributed by atoms with E-state index in [4.69, 9.17) is 0 Å².